The normalized spacial score (nSPS) is 13.1. The van der Waals surface area contributed by atoms with E-state index in [1.54, 1.807) is 0 Å². The van der Waals surface area contributed by atoms with Crippen molar-refractivity contribution in [2.75, 3.05) is 26.2 Å². The summed E-state index contributed by atoms with van der Waals surface area (Å²) in [5.74, 6) is 0. The average molecular weight is 287 g/mol. The lowest BCUT2D eigenvalue weighted by Crippen LogP contribution is -2.35. The molecule has 0 spiro atoms. The third kappa shape index (κ3) is 12.9. The van der Waals surface area contributed by atoms with E-state index in [4.69, 9.17) is 5.11 Å². The van der Waals surface area contributed by atoms with Gasteiger partial charge in [0, 0.05) is 6.54 Å². The monoisotopic (exact) mass is 287 g/mol. The van der Waals surface area contributed by atoms with Gasteiger partial charge in [0.25, 0.3) is 0 Å². The molecule has 0 bridgehead atoms. The zero-order valence-corrected chi connectivity index (χ0v) is 13.8. The molecule has 0 aliphatic rings. The van der Waals surface area contributed by atoms with Crippen molar-refractivity contribution in [1.82, 2.24) is 4.90 Å². The van der Waals surface area contributed by atoms with Crippen molar-refractivity contribution in [3.8, 4) is 0 Å². The van der Waals surface area contributed by atoms with Gasteiger partial charge in [-0.3, -0.25) is 0 Å². The van der Waals surface area contributed by atoms with Crippen LogP contribution in [0.4, 0.5) is 0 Å². The summed E-state index contributed by atoms with van der Waals surface area (Å²) >= 11 is 0. The zero-order chi connectivity index (χ0) is 15.1. The predicted molar refractivity (Wildman–Crippen MR) is 87.1 cm³/mol. The van der Waals surface area contributed by atoms with Crippen molar-refractivity contribution in [3.63, 3.8) is 0 Å². The van der Waals surface area contributed by atoms with Gasteiger partial charge in [-0.05, 0) is 25.9 Å². The van der Waals surface area contributed by atoms with E-state index in [2.05, 4.69) is 18.7 Å². The van der Waals surface area contributed by atoms with Crippen LogP contribution in [0.25, 0.3) is 0 Å². The van der Waals surface area contributed by atoms with Gasteiger partial charge in [-0.25, -0.2) is 0 Å². The molecule has 1 unspecified atom stereocenters. The molecule has 0 fully saturated rings. The molecule has 0 rings (SSSR count). The smallest absolute Gasteiger partial charge is 0.0897 e. The van der Waals surface area contributed by atoms with E-state index in [9.17, 15) is 5.11 Å². The molecule has 3 nitrogen and oxygen atoms in total. The first-order valence-electron chi connectivity index (χ1n) is 8.75. The van der Waals surface area contributed by atoms with E-state index in [1.807, 2.05) is 0 Å². The summed E-state index contributed by atoms with van der Waals surface area (Å²) in [7, 11) is 0. The molecule has 0 saturated heterocycles. The van der Waals surface area contributed by atoms with E-state index >= 15 is 0 Å². The Bertz CT molecular complexity index is 188. The molecule has 0 aliphatic carbocycles. The summed E-state index contributed by atoms with van der Waals surface area (Å²) in [6, 6.07) is 0. The van der Waals surface area contributed by atoms with Crippen LogP contribution in [0.15, 0.2) is 0 Å². The maximum absolute atomic E-state index is 9.56. The third-order valence-corrected chi connectivity index (χ3v) is 3.84. The third-order valence-electron chi connectivity index (χ3n) is 3.84. The first kappa shape index (κ1) is 19.9. The van der Waals surface area contributed by atoms with Gasteiger partial charge in [0.15, 0.2) is 0 Å². The average Bonchev–Trinajstić information content (AvgIpc) is 2.46. The molecule has 0 heterocycles. The molecule has 20 heavy (non-hydrogen) atoms. The van der Waals surface area contributed by atoms with Gasteiger partial charge in [0.05, 0.1) is 12.7 Å². The zero-order valence-electron chi connectivity index (χ0n) is 13.8. The van der Waals surface area contributed by atoms with Crippen molar-refractivity contribution in [2.24, 2.45) is 0 Å². The summed E-state index contributed by atoms with van der Waals surface area (Å²) in [4.78, 5) is 2.31. The number of aliphatic hydroxyl groups is 2. The Morgan fingerprint density at radius 2 is 1.25 bits per heavy atom. The van der Waals surface area contributed by atoms with E-state index in [1.165, 1.54) is 64.2 Å². The Labute approximate surface area is 126 Å². The predicted octanol–water partition coefficient (Wildman–Crippen LogP) is 3.58. The number of hydrogen-bond donors (Lipinski definition) is 2. The van der Waals surface area contributed by atoms with Crippen LogP contribution in [-0.4, -0.2) is 47.5 Å². The van der Waals surface area contributed by atoms with E-state index in [-0.39, 0.29) is 6.61 Å². The molecule has 3 heteroatoms. The molecule has 0 aromatic rings. The second kappa shape index (κ2) is 15.3. The van der Waals surface area contributed by atoms with Crippen LogP contribution in [-0.2, 0) is 0 Å². The summed E-state index contributed by atoms with van der Waals surface area (Å²) in [5, 5.41) is 18.5. The summed E-state index contributed by atoms with van der Waals surface area (Å²) < 4.78 is 0. The van der Waals surface area contributed by atoms with Crippen molar-refractivity contribution in [3.05, 3.63) is 0 Å². The topological polar surface area (TPSA) is 43.7 Å². The summed E-state index contributed by atoms with van der Waals surface area (Å²) in [6.45, 7) is 7.05. The Balaban J connectivity index is 3.57. The number of rotatable bonds is 15. The number of nitrogens with zero attached hydrogens (tertiary/aromatic N) is 1. The van der Waals surface area contributed by atoms with Crippen molar-refractivity contribution < 1.29 is 10.2 Å². The fourth-order valence-electron chi connectivity index (χ4n) is 2.50. The SMILES string of the molecule is CCCCCCCCCCN(CCCC)CC(O)CO. The first-order valence-corrected chi connectivity index (χ1v) is 8.75. The van der Waals surface area contributed by atoms with Crippen LogP contribution in [0.3, 0.4) is 0 Å². The molecule has 0 aliphatic heterocycles. The molecule has 0 aromatic carbocycles. The lowest BCUT2D eigenvalue weighted by molar-refractivity contribution is 0.0581. The molecule has 2 N–H and O–H groups in total. The van der Waals surface area contributed by atoms with Gasteiger partial charge < -0.3 is 15.1 Å². The molecule has 0 amide bonds. The standard InChI is InChI=1S/C17H37NO2/c1-3-5-7-8-9-10-11-12-14-18(13-6-4-2)15-17(20)16-19/h17,19-20H,3-16H2,1-2H3. The van der Waals surface area contributed by atoms with Crippen LogP contribution in [0.5, 0.6) is 0 Å². The lowest BCUT2D eigenvalue weighted by Gasteiger charge is -2.24. The fraction of sp³-hybridized carbons (Fsp3) is 1.00. The Hall–Kier alpha value is -0.120. The van der Waals surface area contributed by atoms with Gasteiger partial charge in [-0.2, -0.15) is 0 Å². The van der Waals surface area contributed by atoms with Crippen LogP contribution in [0, 0.1) is 0 Å². The fourth-order valence-corrected chi connectivity index (χ4v) is 2.50. The van der Waals surface area contributed by atoms with Crippen molar-refractivity contribution in [2.45, 2.75) is 84.2 Å². The van der Waals surface area contributed by atoms with Crippen LogP contribution in [0.1, 0.15) is 78.1 Å². The van der Waals surface area contributed by atoms with Gasteiger partial charge in [0.2, 0.25) is 0 Å². The van der Waals surface area contributed by atoms with Gasteiger partial charge >= 0.3 is 0 Å². The molecule has 122 valence electrons. The summed E-state index contributed by atoms with van der Waals surface area (Å²) in [6.07, 6.45) is 12.5. The Morgan fingerprint density at radius 1 is 0.750 bits per heavy atom. The van der Waals surface area contributed by atoms with Gasteiger partial charge in [-0.1, -0.05) is 65.2 Å². The summed E-state index contributed by atoms with van der Waals surface area (Å²) in [5.41, 5.74) is 0. The second-order valence-electron chi connectivity index (χ2n) is 5.97. The molecule has 0 saturated carbocycles. The number of aliphatic hydroxyl groups excluding tert-OH is 2. The van der Waals surface area contributed by atoms with Crippen molar-refractivity contribution >= 4 is 0 Å². The maximum atomic E-state index is 9.56. The quantitative estimate of drug-likeness (QED) is 0.452. The highest BCUT2D eigenvalue weighted by Gasteiger charge is 2.10. The van der Waals surface area contributed by atoms with Crippen LogP contribution < -0.4 is 0 Å². The minimum Gasteiger partial charge on any atom is -0.394 e. The maximum Gasteiger partial charge on any atom is 0.0897 e. The lowest BCUT2D eigenvalue weighted by atomic mass is 10.1. The number of unbranched alkanes of at least 4 members (excludes halogenated alkanes) is 8. The van der Waals surface area contributed by atoms with E-state index in [0.29, 0.717) is 6.54 Å². The Morgan fingerprint density at radius 3 is 1.80 bits per heavy atom. The molecule has 1 atom stereocenters. The molecular weight excluding hydrogens is 250 g/mol. The Kier molecular flexibility index (Phi) is 15.2. The molecule has 0 aromatic heterocycles. The highest BCUT2D eigenvalue weighted by molar-refractivity contribution is 4.64. The number of hydrogen-bond acceptors (Lipinski definition) is 3. The second-order valence-corrected chi connectivity index (χ2v) is 5.97. The minimum absolute atomic E-state index is 0.125. The highest BCUT2D eigenvalue weighted by atomic mass is 16.3. The van der Waals surface area contributed by atoms with Crippen molar-refractivity contribution in [1.29, 1.82) is 0 Å². The van der Waals surface area contributed by atoms with Crippen LogP contribution >= 0.6 is 0 Å². The van der Waals surface area contributed by atoms with Crippen LogP contribution in [0.2, 0.25) is 0 Å². The largest absolute Gasteiger partial charge is 0.394 e. The van der Waals surface area contributed by atoms with E-state index in [0.717, 1.165) is 13.1 Å². The van der Waals surface area contributed by atoms with Gasteiger partial charge in [0.1, 0.15) is 0 Å². The van der Waals surface area contributed by atoms with Gasteiger partial charge in [-0.15, -0.1) is 0 Å². The first-order chi connectivity index (χ1) is 9.74. The molecule has 0 radical (unpaired) electrons. The minimum atomic E-state index is -0.583. The molecular formula is C17H37NO2. The van der Waals surface area contributed by atoms with E-state index < -0.39 is 6.10 Å². The highest BCUT2D eigenvalue weighted by Crippen LogP contribution is 2.09.